The Morgan fingerprint density at radius 3 is 2.68 bits per heavy atom. The molecule has 0 aliphatic carbocycles. The van der Waals surface area contributed by atoms with Gasteiger partial charge in [-0.2, -0.15) is 5.10 Å². The zero-order chi connectivity index (χ0) is 14.5. The summed E-state index contributed by atoms with van der Waals surface area (Å²) < 4.78 is 12.0. The largest absolute Gasteiger partial charge is 0.476 e. The van der Waals surface area contributed by atoms with Gasteiger partial charge in [0.1, 0.15) is 6.73 Å². The van der Waals surface area contributed by atoms with Crippen molar-refractivity contribution >= 4 is 14.0 Å². The second kappa shape index (κ2) is 6.83. The maximum Gasteiger partial charge on any atom is 0.356 e. The van der Waals surface area contributed by atoms with Gasteiger partial charge in [-0.15, -0.1) is 0 Å². The van der Waals surface area contributed by atoms with E-state index >= 15 is 0 Å². The molecule has 0 saturated heterocycles. The summed E-state index contributed by atoms with van der Waals surface area (Å²) in [5, 5.41) is 13.0. The fourth-order valence-electron chi connectivity index (χ4n) is 1.51. The maximum absolute atomic E-state index is 11.0. The van der Waals surface area contributed by atoms with Gasteiger partial charge in [0.2, 0.25) is 0 Å². The molecular formula is C12H22N2O4Si. The summed E-state index contributed by atoms with van der Waals surface area (Å²) in [6.45, 7) is 8.03. The molecule has 0 aliphatic rings. The highest BCUT2D eigenvalue weighted by Gasteiger charge is 2.16. The molecule has 0 bridgehead atoms. The Bertz CT molecular complexity index is 426. The van der Waals surface area contributed by atoms with E-state index in [9.17, 15) is 4.79 Å². The Balaban J connectivity index is 2.55. The number of methoxy groups -OCH3 is 1. The quantitative estimate of drug-likeness (QED) is 0.585. The Morgan fingerprint density at radius 2 is 2.16 bits per heavy atom. The van der Waals surface area contributed by atoms with Crippen LogP contribution in [0.3, 0.4) is 0 Å². The molecule has 108 valence electrons. The molecule has 0 spiro atoms. The number of aromatic nitrogens is 2. The van der Waals surface area contributed by atoms with E-state index in [-0.39, 0.29) is 19.0 Å². The molecule has 1 aromatic heterocycles. The van der Waals surface area contributed by atoms with Crippen LogP contribution in [0.4, 0.5) is 0 Å². The van der Waals surface area contributed by atoms with E-state index < -0.39 is 14.0 Å². The van der Waals surface area contributed by atoms with E-state index in [4.69, 9.17) is 14.6 Å². The first-order valence-electron chi connectivity index (χ1n) is 6.20. The standard InChI is InChI=1S/C12H22N2O4Si/c1-17-8-10-7-14(13-11(10)12(15)16)9-18-5-6-19(2,3)4/h7H,5-6,8-9H2,1-4H3,(H,15,16). The topological polar surface area (TPSA) is 73.6 Å². The Kier molecular flexibility index (Phi) is 5.71. The number of hydrogen-bond acceptors (Lipinski definition) is 4. The Morgan fingerprint density at radius 1 is 1.47 bits per heavy atom. The van der Waals surface area contributed by atoms with Crippen molar-refractivity contribution in [2.24, 2.45) is 0 Å². The minimum Gasteiger partial charge on any atom is -0.476 e. The van der Waals surface area contributed by atoms with Gasteiger partial charge in [0.25, 0.3) is 0 Å². The summed E-state index contributed by atoms with van der Waals surface area (Å²) in [5.41, 5.74) is 0.583. The molecule has 1 heterocycles. The van der Waals surface area contributed by atoms with Gasteiger partial charge < -0.3 is 14.6 Å². The second-order valence-electron chi connectivity index (χ2n) is 5.63. The summed E-state index contributed by atoms with van der Waals surface area (Å²) in [5.74, 6) is -1.05. The highest BCUT2D eigenvalue weighted by Crippen LogP contribution is 2.10. The fourth-order valence-corrected chi connectivity index (χ4v) is 2.26. The van der Waals surface area contributed by atoms with Crippen LogP contribution in [0.15, 0.2) is 6.20 Å². The number of carbonyl (C=O) groups is 1. The van der Waals surface area contributed by atoms with Crippen molar-refractivity contribution in [3.05, 3.63) is 17.5 Å². The molecule has 1 aromatic rings. The predicted molar refractivity (Wildman–Crippen MR) is 74.0 cm³/mol. The summed E-state index contributed by atoms with van der Waals surface area (Å²) in [6, 6.07) is 1.07. The first-order chi connectivity index (χ1) is 8.83. The summed E-state index contributed by atoms with van der Waals surface area (Å²) >= 11 is 0. The molecule has 6 nitrogen and oxygen atoms in total. The van der Waals surface area contributed by atoms with Crippen LogP contribution in [0, 0.1) is 0 Å². The van der Waals surface area contributed by atoms with Gasteiger partial charge in [0, 0.05) is 33.6 Å². The highest BCUT2D eigenvalue weighted by atomic mass is 28.3. The Labute approximate surface area is 114 Å². The van der Waals surface area contributed by atoms with Crippen LogP contribution in [0.25, 0.3) is 0 Å². The van der Waals surface area contributed by atoms with Crippen LogP contribution in [0.1, 0.15) is 16.1 Å². The molecule has 1 rings (SSSR count). The summed E-state index contributed by atoms with van der Waals surface area (Å²) in [6.07, 6.45) is 1.65. The number of hydrogen-bond donors (Lipinski definition) is 1. The third-order valence-corrected chi connectivity index (χ3v) is 4.26. The fraction of sp³-hybridized carbons (Fsp3) is 0.667. The lowest BCUT2D eigenvalue weighted by Gasteiger charge is -2.15. The minimum atomic E-state index is -1.10. The van der Waals surface area contributed by atoms with Crippen molar-refractivity contribution in [2.75, 3.05) is 13.7 Å². The van der Waals surface area contributed by atoms with Crippen LogP contribution >= 0.6 is 0 Å². The molecular weight excluding hydrogens is 264 g/mol. The first-order valence-corrected chi connectivity index (χ1v) is 9.90. The van der Waals surface area contributed by atoms with Crippen LogP contribution in [0.5, 0.6) is 0 Å². The molecule has 0 fully saturated rings. The van der Waals surface area contributed by atoms with Crippen molar-refractivity contribution in [2.45, 2.75) is 39.0 Å². The normalized spacial score (nSPS) is 11.8. The summed E-state index contributed by atoms with van der Waals surface area (Å²) in [7, 11) is 0.421. The third-order valence-electron chi connectivity index (χ3n) is 2.56. The van der Waals surface area contributed by atoms with Gasteiger partial charge >= 0.3 is 5.97 Å². The molecule has 1 N–H and O–H groups in total. The van der Waals surface area contributed by atoms with Crippen molar-refractivity contribution in [1.82, 2.24) is 9.78 Å². The van der Waals surface area contributed by atoms with E-state index in [2.05, 4.69) is 24.7 Å². The summed E-state index contributed by atoms with van der Waals surface area (Å²) in [4.78, 5) is 11.0. The molecule has 0 amide bonds. The van der Waals surface area contributed by atoms with E-state index in [1.54, 1.807) is 6.20 Å². The number of carboxylic acid groups (broad SMARTS) is 1. The SMILES string of the molecule is COCc1cn(COCC[Si](C)(C)C)nc1C(=O)O. The van der Waals surface area contributed by atoms with Gasteiger partial charge in [-0.05, 0) is 6.04 Å². The molecule has 0 unspecified atom stereocenters. The van der Waals surface area contributed by atoms with E-state index in [0.29, 0.717) is 12.2 Å². The second-order valence-corrected chi connectivity index (χ2v) is 11.2. The highest BCUT2D eigenvalue weighted by molar-refractivity contribution is 6.76. The number of rotatable bonds is 8. The maximum atomic E-state index is 11.0. The van der Waals surface area contributed by atoms with Crippen molar-refractivity contribution in [3.63, 3.8) is 0 Å². The predicted octanol–water partition coefficient (Wildman–Crippen LogP) is 2.04. The van der Waals surface area contributed by atoms with Crippen molar-refractivity contribution < 1.29 is 19.4 Å². The monoisotopic (exact) mass is 286 g/mol. The lowest BCUT2D eigenvalue weighted by atomic mass is 10.3. The molecule has 19 heavy (non-hydrogen) atoms. The van der Waals surface area contributed by atoms with Gasteiger partial charge in [0.05, 0.1) is 6.61 Å². The smallest absolute Gasteiger partial charge is 0.356 e. The van der Waals surface area contributed by atoms with Gasteiger partial charge in [-0.1, -0.05) is 19.6 Å². The minimum absolute atomic E-state index is 0.0237. The number of carboxylic acids is 1. The first kappa shape index (κ1) is 15.9. The molecule has 0 atom stereocenters. The van der Waals surface area contributed by atoms with E-state index in [0.717, 1.165) is 6.04 Å². The number of ether oxygens (including phenoxy) is 2. The molecule has 7 heteroatoms. The number of aromatic carboxylic acids is 1. The third kappa shape index (κ3) is 5.54. The zero-order valence-corrected chi connectivity index (χ0v) is 13.0. The zero-order valence-electron chi connectivity index (χ0n) is 12.0. The Hall–Kier alpha value is -1.18. The van der Waals surface area contributed by atoms with Crippen molar-refractivity contribution in [3.8, 4) is 0 Å². The van der Waals surface area contributed by atoms with E-state index in [1.165, 1.54) is 11.8 Å². The molecule has 0 saturated carbocycles. The van der Waals surface area contributed by atoms with E-state index in [1.807, 2.05) is 0 Å². The lowest BCUT2D eigenvalue weighted by Crippen LogP contribution is -2.22. The number of nitrogens with zero attached hydrogens (tertiary/aromatic N) is 2. The van der Waals surface area contributed by atoms with Gasteiger partial charge in [0.15, 0.2) is 5.69 Å². The average molecular weight is 286 g/mol. The van der Waals surface area contributed by atoms with Crippen LogP contribution in [0.2, 0.25) is 25.7 Å². The van der Waals surface area contributed by atoms with Crippen LogP contribution < -0.4 is 0 Å². The van der Waals surface area contributed by atoms with Crippen LogP contribution in [-0.4, -0.2) is 42.6 Å². The van der Waals surface area contributed by atoms with Gasteiger partial charge in [-0.3, -0.25) is 0 Å². The molecule has 0 radical (unpaired) electrons. The lowest BCUT2D eigenvalue weighted by molar-refractivity contribution is 0.0669. The van der Waals surface area contributed by atoms with Gasteiger partial charge in [-0.25, -0.2) is 9.48 Å². The average Bonchev–Trinajstić information content (AvgIpc) is 2.67. The molecule has 0 aromatic carbocycles. The molecule has 0 aliphatic heterocycles. The van der Waals surface area contributed by atoms with Crippen LogP contribution in [-0.2, 0) is 22.8 Å². The van der Waals surface area contributed by atoms with Crippen molar-refractivity contribution in [1.29, 1.82) is 0 Å².